The van der Waals surface area contributed by atoms with Gasteiger partial charge in [-0.1, -0.05) is 141 Å². The fraction of sp³-hybridized carbons (Fsp3) is 0.0667. The molecule has 10 rings (SSSR count). The molecule has 1 aliphatic carbocycles. The monoisotopic (exact) mass is 613 g/mol. The molecule has 0 N–H and O–H groups in total. The van der Waals surface area contributed by atoms with E-state index in [4.69, 9.17) is 9.97 Å². The number of benzene rings is 7. The van der Waals surface area contributed by atoms with Gasteiger partial charge in [-0.15, -0.1) is 0 Å². The lowest BCUT2D eigenvalue weighted by Crippen LogP contribution is -2.14. The molecular weight excluding hydrogens is 583 g/mol. The van der Waals surface area contributed by atoms with Crippen molar-refractivity contribution in [3.05, 3.63) is 163 Å². The zero-order valence-electron chi connectivity index (χ0n) is 26.8. The van der Waals surface area contributed by atoms with Crippen molar-refractivity contribution in [3.63, 3.8) is 0 Å². The van der Waals surface area contributed by atoms with Crippen LogP contribution in [0.1, 0.15) is 25.0 Å². The van der Waals surface area contributed by atoms with Crippen LogP contribution in [0.15, 0.2) is 152 Å². The second-order valence-electron chi connectivity index (χ2n) is 13.4. The summed E-state index contributed by atoms with van der Waals surface area (Å²) in [6.45, 7) is 4.67. The Balaban J connectivity index is 1.13. The zero-order valence-corrected chi connectivity index (χ0v) is 26.8. The molecule has 3 nitrogen and oxygen atoms in total. The molecule has 2 aromatic heterocycles. The van der Waals surface area contributed by atoms with E-state index in [0.29, 0.717) is 5.95 Å². The number of aromatic nitrogens is 3. The lowest BCUT2D eigenvalue weighted by molar-refractivity contribution is 0.660. The molecule has 0 amide bonds. The average molecular weight is 614 g/mol. The van der Waals surface area contributed by atoms with Crippen molar-refractivity contribution in [2.24, 2.45) is 0 Å². The summed E-state index contributed by atoms with van der Waals surface area (Å²) in [5.41, 5.74) is 13.0. The first-order valence-electron chi connectivity index (χ1n) is 16.6. The van der Waals surface area contributed by atoms with Gasteiger partial charge in [-0.3, -0.25) is 4.57 Å². The first-order chi connectivity index (χ1) is 23.6. The molecule has 2 heterocycles. The van der Waals surface area contributed by atoms with Crippen LogP contribution in [0.4, 0.5) is 0 Å². The summed E-state index contributed by atoms with van der Waals surface area (Å²) in [5.74, 6) is 0.676. The van der Waals surface area contributed by atoms with Crippen molar-refractivity contribution >= 4 is 43.5 Å². The van der Waals surface area contributed by atoms with Gasteiger partial charge in [-0.2, -0.15) is 0 Å². The van der Waals surface area contributed by atoms with E-state index in [1.807, 2.05) is 0 Å². The van der Waals surface area contributed by atoms with Crippen molar-refractivity contribution in [1.82, 2.24) is 14.5 Å². The highest BCUT2D eigenvalue weighted by Gasteiger charge is 2.35. The van der Waals surface area contributed by atoms with Gasteiger partial charge in [0.05, 0.1) is 22.2 Å². The Bertz CT molecular complexity index is 2750. The van der Waals surface area contributed by atoms with Gasteiger partial charge in [0.25, 0.3) is 0 Å². The van der Waals surface area contributed by atoms with Crippen LogP contribution < -0.4 is 0 Å². The second kappa shape index (κ2) is 9.97. The normalized spacial score (nSPS) is 13.4. The Morgan fingerprint density at radius 2 is 1.15 bits per heavy atom. The molecule has 48 heavy (non-hydrogen) atoms. The van der Waals surface area contributed by atoms with E-state index in [-0.39, 0.29) is 5.41 Å². The number of fused-ring (bicyclic) bond motifs is 9. The van der Waals surface area contributed by atoms with Crippen LogP contribution in [0, 0.1) is 0 Å². The predicted molar refractivity (Wildman–Crippen MR) is 200 cm³/mol. The Hall–Kier alpha value is -6.06. The first-order valence-corrected chi connectivity index (χ1v) is 16.6. The average Bonchev–Trinajstić information content (AvgIpc) is 3.60. The third kappa shape index (κ3) is 3.82. The minimum atomic E-state index is -0.0305. The summed E-state index contributed by atoms with van der Waals surface area (Å²) in [7, 11) is 0. The fourth-order valence-corrected chi connectivity index (χ4v) is 8.04. The van der Waals surface area contributed by atoms with Crippen LogP contribution in [0.5, 0.6) is 0 Å². The second-order valence-corrected chi connectivity index (χ2v) is 13.4. The molecule has 0 radical (unpaired) electrons. The van der Waals surface area contributed by atoms with Crippen molar-refractivity contribution in [1.29, 1.82) is 0 Å². The van der Waals surface area contributed by atoms with Crippen LogP contribution in [-0.2, 0) is 5.41 Å². The van der Waals surface area contributed by atoms with Gasteiger partial charge in [0.2, 0.25) is 5.95 Å². The molecule has 0 fully saturated rings. The Labute approximate surface area is 278 Å². The number of rotatable bonds is 3. The van der Waals surface area contributed by atoms with E-state index >= 15 is 0 Å². The Kier molecular flexibility index (Phi) is 5.63. The van der Waals surface area contributed by atoms with E-state index in [2.05, 4.69) is 170 Å². The van der Waals surface area contributed by atoms with Crippen molar-refractivity contribution in [2.75, 3.05) is 0 Å². The molecule has 7 aromatic carbocycles. The summed E-state index contributed by atoms with van der Waals surface area (Å²) < 4.78 is 2.23. The van der Waals surface area contributed by atoms with Gasteiger partial charge in [0.15, 0.2) is 0 Å². The van der Waals surface area contributed by atoms with E-state index < -0.39 is 0 Å². The molecular formula is C45H31N3. The highest BCUT2D eigenvalue weighted by molar-refractivity contribution is 6.21. The third-order valence-corrected chi connectivity index (χ3v) is 10.4. The zero-order chi connectivity index (χ0) is 32.0. The molecule has 0 unspecified atom stereocenters. The van der Waals surface area contributed by atoms with E-state index in [1.165, 1.54) is 54.9 Å². The van der Waals surface area contributed by atoms with Gasteiger partial charge in [-0.05, 0) is 68.4 Å². The van der Waals surface area contributed by atoms with E-state index in [1.54, 1.807) is 0 Å². The molecule has 0 bridgehead atoms. The highest BCUT2D eigenvalue weighted by Crippen LogP contribution is 2.49. The topological polar surface area (TPSA) is 30.7 Å². The molecule has 0 aliphatic heterocycles. The van der Waals surface area contributed by atoms with Crippen molar-refractivity contribution in [3.8, 4) is 39.5 Å². The summed E-state index contributed by atoms with van der Waals surface area (Å²) in [4.78, 5) is 10.5. The Morgan fingerprint density at radius 3 is 2.02 bits per heavy atom. The fourth-order valence-electron chi connectivity index (χ4n) is 8.04. The molecule has 3 heteroatoms. The van der Waals surface area contributed by atoms with Gasteiger partial charge >= 0.3 is 0 Å². The molecule has 0 saturated carbocycles. The van der Waals surface area contributed by atoms with Gasteiger partial charge in [0.1, 0.15) is 0 Å². The molecule has 9 aromatic rings. The summed E-state index contributed by atoms with van der Waals surface area (Å²) in [6, 6.07) is 54.6. The lowest BCUT2D eigenvalue weighted by Gasteiger charge is -2.22. The molecule has 0 atom stereocenters. The SMILES string of the molecule is CC1(C)c2ccccc2-c2ccc(-c3ccc(-c4nc(-n5c6ccccc6c6c7ccccc7ccc65)nc5ccccc45)cc3)cc21. The summed E-state index contributed by atoms with van der Waals surface area (Å²) in [5, 5.41) is 5.93. The predicted octanol–water partition coefficient (Wildman–Crippen LogP) is 11.5. The molecule has 1 aliphatic rings. The lowest BCUT2D eigenvalue weighted by atomic mass is 9.81. The quantitative estimate of drug-likeness (QED) is 0.198. The van der Waals surface area contributed by atoms with E-state index in [0.717, 1.165) is 33.2 Å². The number of hydrogen-bond donors (Lipinski definition) is 0. The largest absolute Gasteiger partial charge is 0.278 e. The van der Waals surface area contributed by atoms with Gasteiger partial charge < -0.3 is 0 Å². The smallest absolute Gasteiger partial charge is 0.235 e. The van der Waals surface area contributed by atoms with E-state index in [9.17, 15) is 0 Å². The number of para-hydroxylation sites is 2. The standard InChI is InChI=1S/C45H31N3/c1-45(2)37-16-8-5-13-33(37)34-25-23-31(27-38(34)45)28-19-21-30(22-20-28)43-35-14-6-9-17-39(35)46-44(47-43)48-40-18-10-7-15-36(40)42-32-12-4-3-11-29(32)24-26-41(42)48/h3-27H,1-2H3. The van der Waals surface area contributed by atoms with Crippen LogP contribution in [0.2, 0.25) is 0 Å². The molecule has 226 valence electrons. The van der Waals surface area contributed by atoms with Crippen LogP contribution in [-0.4, -0.2) is 14.5 Å². The highest BCUT2D eigenvalue weighted by atomic mass is 15.2. The number of hydrogen-bond acceptors (Lipinski definition) is 2. The van der Waals surface area contributed by atoms with Crippen molar-refractivity contribution < 1.29 is 0 Å². The van der Waals surface area contributed by atoms with Crippen molar-refractivity contribution in [2.45, 2.75) is 19.3 Å². The minimum Gasteiger partial charge on any atom is -0.278 e. The summed E-state index contributed by atoms with van der Waals surface area (Å²) >= 11 is 0. The maximum Gasteiger partial charge on any atom is 0.235 e. The maximum atomic E-state index is 5.34. The molecule has 0 spiro atoms. The molecule has 0 saturated heterocycles. The summed E-state index contributed by atoms with van der Waals surface area (Å²) in [6.07, 6.45) is 0. The Morgan fingerprint density at radius 1 is 0.479 bits per heavy atom. The van der Waals surface area contributed by atoms with Gasteiger partial charge in [-0.25, -0.2) is 9.97 Å². The third-order valence-electron chi connectivity index (χ3n) is 10.4. The van der Waals surface area contributed by atoms with Crippen LogP contribution in [0.25, 0.3) is 82.9 Å². The maximum absolute atomic E-state index is 5.34. The first kappa shape index (κ1) is 27.1. The van der Waals surface area contributed by atoms with Crippen LogP contribution >= 0.6 is 0 Å². The minimum absolute atomic E-state index is 0.0305. The number of nitrogens with zero attached hydrogens (tertiary/aromatic N) is 3. The van der Waals surface area contributed by atoms with Crippen LogP contribution in [0.3, 0.4) is 0 Å². The van der Waals surface area contributed by atoms with Gasteiger partial charge in [0, 0.05) is 27.1 Å².